The molecule has 1 amide bonds. The number of nitrogens with zero attached hydrogens (tertiary/aromatic N) is 1. The molecule has 0 saturated heterocycles. The number of aromatic nitrogens is 1. The molecule has 2 N–H and O–H groups in total. The summed E-state index contributed by atoms with van der Waals surface area (Å²) in [7, 11) is 0. The monoisotopic (exact) mass is 410 g/mol. The number of carbonyl (C=O) groups excluding carboxylic acids is 1. The number of amides is 1. The van der Waals surface area contributed by atoms with Crippen molar-refractivity contribution in [2.24, 2.45) is 5.73 Å². The Kier molecular flexibility index (Phi) is 4.98. The molecule has 0 fully saturated rings. The van der Waals surface area contributed by atoms with Crippen LogP contribution in [0.2, 0.25) is 0 Å². The minimum Gasteiger partial charge on any atom is -0.483 e. The first kappa shape index (κ1) is 19.0. The summed E-state index contributed by atoms with van der Waals surface area (Å²) in [5.41, 5.74) is 8.35. The molecule has 146 valence electrons. The maximum absolute atomic E-state index is 14.3. The van der Waals surface area contributed by atoms with Crippen LogP contribution in [-0.4, -0.2) is 10.9 Å². The molecule has 0 radical (unpaired) electrons. The van der Waals surface area contributed by atoms with Crippen LogP contribution in [0, 0.1) is 18.6 Å². The number of fused-ring (bicyclic) bond motifs is 1. The van der Waals surface area contributed by atoms with Gasteiger partial charge in [-0.25, -0.2) is 13.8 Å². The third-order valence-corrected chi connectivity index (χ3v) is 5.45. The molecule has 4 aromatic rings. The highest BCUT2D eigenvalue weighted by Crippen LogP contribution is 2.30. The number of aryl methyl sites for hydroxylation is 1. The third kappa shape index (κ3) is 3.82. The van der Waals surface area contributed by atoms with Crippen LogP contribution in [-0.2, 0) is 6.61 Å². The summed E-state index contributed by atoms with van der Waals surface area (Å²) >= 11 is 1.42. The molecule has 7 heteroatoms. The molecular weight excluding hydrogens is 394 g/mol. The van der Waals surface area contributed by atoms with E-state index in [4.69, 9.17) is 10.5 Å². The van der Waals surface area contributed by atoms with Crippen molar-refractivity contribution in [3.05, 3.63) is 82.4 Å². The fourth-order valence-electron chi connectivity index (χ4n) is 3.05. The van der Waals surface area contributed by atoms with Crippen LogP contribution in [0.25, 0.3) is 21.3 Å². The second-order valence-electron chi connectivity index (χ2n) is 6.55. The van der Waals surface area contributed by atoms with Crippen LogP contribution in [0.4, 0.5) is 8.78 Å². The number of hydrogen-bond acceptors (Lipinski definition) is 4. The molecule has 29 heavy (non-hydrogen) atoms. The molecule has 1 heterocycles. The number of hydrogen-bond donors (Lipinski definition) is 1. The lowest BCUT2D eigenvalue weighted by molar-refractivity contribution is 0.0991. The van der Waals surface area contributed by atoms with Gasteiger partial charge in [0.1, 0.15) is 23.0 Å². The first-order valence-corrected chi connectivity index (χ1v) is 9.61. The Morgan fingerprint density at radius 1 is 1.10 bits per heavy atom. The van der Waals surface area contributed by atoms with Crippen molar-refractivity contribution >= 4 is 27.5 Å². The van der Waals surface area contributed by atoms with Gasteiger partial charge in [-0.15, -0.1) is 11.3 Å². The minimum absolute atomic E-state index is 0.0140. The Bertz CT molecular complexity index is 1240. The van der Waals surface area contributed by atoms with Crippen molar-refractivity contribution < 1.29 is 18.3 Å². The van der Waals surface area contributed by atoms with E-state index in [1.807, 2.05) is 43.3 Å². The quantitative estimate of drug-likeness (QED) is 0.490. The van der Waals surface area contributed by atoms with E-state index in [0.717, 1.165) is 33.5 Å². The lowest BCUT2D eigenvalue weighted by Gasteiger charge is -2.08. The van der Waals surface area contributed by atoms with E-state index in [0.29, 0.717) is 5.01 Å². The normalized spacial score (nSPS) is 11.0. The number of ether oxygens (including phenoxy) is 1. The standard InChI is InChI=1S/C22H16F2N2O2S/c1-12-3-2-4-13(9-12)14-5-8-18-16(10-14)26-19(29-18)11-28-17-7-6-15(23)20(21(17)24)22(25)27/h2-10H,11H2,1H3,(H2,25,27). The first-order chi connectivity index (χ1) is 13.9. The third-order valence-electron chi connectivity index (χ3n) is 4.44. The van der Waals surface area contributed by atoms with E-state index < -0.39 is 23.1 Å². The van der Waals surface area contributed by atoms with Crippen molar-refractivity contribution in [3.8, 4) is 16.9 Å². The minimum atomic E-state index is -1.19. The van der Waals surface area contributed by atoms with Crippen LogP contribution in [0.15, 0.2) is 54.6 Å². The Morgan fingerprint density at radius 2 is 1.90 bits per heavy atom. The zero-order valence-corrected chi connectivity index (χ0v) is 16.2. The number of thiazole rings is 1. The number of carbonyl (C=O) groups is 1. The second-order valence-corrected chi connectivity index (χ2v) is 7.66. The van der Waals surface area contributed by atoms with Gasteiger partial charge in [0, 0.05) is 0 Å². The molecule has 0 aliphatic carbocycles. The number of rotatable bonds is 5. The van der Waals surface area contributed by atoms with E-state index in [1.165, 1.54) is 16.9 Å². The Morgan fingerprint density at radius 3 is 2.66 bits per heavy atom. The molecule has 0 unspecified atom stereocenters. The molecule has 4 rings (SSSR count). The van der Waals surface area contributed by atoms with Crippen LogP contribution in [0.3, 0.4) is 0 Å². The van der Waals surface area contributed by atoms with Gasteiger partial charge in [0.15, 0.2) is 11.6 Å². The van der Waals surface area contributed by atoms with Gasteiger partial charge in [0.25, 0.3) is 5.91 Å². The zero-order chi connectivity index (χ0) is 20.5. The summed E-state index contributed by atoms with van der Waals surface area (Å²) in [5, 5.41) is 0.630. The number of halogens is 2. The summed E-state index contributed by atoms with van der Waals surface area (Å²) in [4.78, 5) is 15.8. The largest absolute Gasteiger partial charge is 0.483 e. The smallest absolute Gasteiger partial charge is 0.254 e. The van der Waals surface area contributed by atoms with Gasteiger partial charge in [-0.3, -0.25) is 4.79 Å². The van der Waals surface area contributed by atoms with Crippen LogP contribution in [0.1, 0.15) is 20.9 Å². The van der Waals surface area contributed by atoms with Crippen molar-refractivity contribution in [1.82, 2.24) is 4.98 Å². The summed E-state index contributed by atoms with van der Waals surface area (Å²) in [5.74, 6) is -3.57. The van der Waals surface area contributed by atoms with Gasteiger partial charge < -0.3 is 10.5 Å². The predicted molar refractivity (Wildman–Crippen MR) is 109 cm³/mol. The van der Waals surface area contributed by atoms with Crippen LogP contribution >= 0.6 is 11.3 Å². The predicted octanol–water partition coefficient (Wildman–Crippen LogP) is 5.23. The van der Waals surface area contributed by atoms with Gasteiger partial charge >= 0.3 is 0 Å². The molecule has 0 atom stereocenters. The number of nitrogens with two attached hydrogens (primary N) is 1. The van der Waals surface area contributed by atoms with Gasteiger partial charge in [-0.05, 0) is 42.3 Å². The Hall–Kier alpha value is -3.32. The average Bonchev–Trinajstić information content (AvgIpc) is 3.09. The van der Waals surface area contributed by atoms with Gasteiger partial charge in [-0.1, -0.05) is 35.9 Å². The van der Waals surface area contributed by atoms with Gasteiger partial charge in [0.2, 0.25) is 0 Å². The zero-order valence-electron chi connectivity index (χ0n) is 15.4. The number of primary amides is 1. The highest BCUT2D eigenvalue weighted by Gasteiger charge is 2.19. The summed E-state index contributed by atoms with van der Waals surface area (Å²) in [6.07, 6.45) is 0. The summed E-state index contributed by atoms with van der Waals surface area (Å²) in [6, 6.07) is 16.3. The SMILES string of the molecule is Cc1cccc(-c2ccc3sc(COc4ccc(F)c(C(N)=O)c4F)nc3c2)c1. The molecule has 4 nitrogen and oxygen atoms in total. The van der Waals surface area contributed by atoms with Crippen LogP contribution in [0.5, 0.6) is 5.75 Å². The van der Waals surface area contributed by atoms with Crippen molar-refractivity contribution in [2.45, 2.75) is 13.5 Å². The second kappa shape index (κ2) is 7.60. The van der Waals surface area contributed by atoms with E-state index in [9.17, 15) is 13.6 Å². The van der Waals surface area contributed by atoms with Crippen molar-refractivity contribution in [1.29, 1.82) is 0 Å². The van der Waals surface area contributed by atoms with E-state index >= 15 is 0 Å². The lowest BCUT2D eigenvalue weighted by Crippen LogP contribution is -2.16. The molecule has 1 aromatic heterocycles. The fourth-order valence-corrected chi connectivity index (χ4v) is 3.91. The Balaban J connectivity index is 1.58. The molecule has 0 spiro atoms. The Labute approximate surface area is 169 Å². The first-order valence-electron chi connectivity index (χ1n) is 8.79. The fraction of sp³-hybridized carbons (Fsp3) is 0.0909. The van der Waals surface area contributed by atoms with Crippen LogP contribution < -0.4 is 10.5 Å². The molecule has 0 saturated carbocycles. The molecule has 0 bridgehead atoms. The highest BCUT2D eigenvalue weighted by molar-refractivity contribution is 7.18. The van der Waals surface area contributed by atoms with Gasteiger partial charge in [0.05, 0.1) is 10.2 Å². The molecular formula is C22H16F2N2O2S. The molecule has 0 aliphatic rings. The maximum atomic E-state index is 14.3. The van der Waals surface area contributed by atoms with Crippen molar-refractivity contribution in [3.63, 3.8) is 0 Å². The topological polar surface area (TPSA) is 65.2 Å². The molecule has 0 aliphatic heterocycles. The molecule has 3 aromatic carbocycles. The maximum Gasteiger partial charge on any atom is 0.254 e. The average molecular weight is 410 g/mol. The lowest BCUT2D eigenvalue weighted by atomic mass is 10.0. The van der Waals surface area contributed by atoms with Gasteiger partial charge in [-0.2, -0.15) is 0 Å². The van der Waals surface area contributed by atoms with E-state index in [-0.39, 0.29) is 12.4 Å². The summed E-state index contributed by atoms with van der Waals surface area (Å²) in [6.45, 7) is 2.03. The van der Waals surface area contributed by atoms with Crippen molar-refractivity contribution in [2.75, 3.05) is 0 Å². The highest BCUT2D eigenvalue weighted by atomic mass is 32.1. The van der Waals surface area contributed by atoms with E-state index in [2.05, 4.69) is 11.1 Å². The summed E-state index contributed by atoms with van der Waals surface area (Å²) < 4.78 is 34.3. The number of benzene rings is 3. The van der Waals surface area contributed by atoms with E-state index in [1.54, 1.807) is 0 Å².